The van der Waals surface area contributed by atoms with E-state index in [-0.39, 0.29) is 0 Å². The normalized spacial score (nSPS) is 11.1. The summed E-state index contributed by atoms with van der Waals surface area (Å²) < 4.78 is 7.35. The van der Waals surface area contributed by atoms with Crippen LogP contribution in [0.15, 0.2) is 60.7 Å². The zero-order chi connectivity index (χ0) is 21.8. The first-order valence-electron chi connectivity index (χ1n) is 9.74. The van der Waals surface area contributed by atoms with Crippen LogP contribution in [0.5, 0.6) is 0 Å². The van der Waals surface area contributed by atoms with Crippen LogP contribution < -0.4 is 10.6 Å². The Kier molecular flexibility index (Phi) is 6.88. The van der Waals surface area contributed by atoms with Gasteiger partial charge in [-0.15, -0.1) is 0 Å². The first-order chi connectivity index (χ1) is 15.0. The third-order valence-corrected chi connectivity index (χ3v) is 5.72. The number of fused-ring (bicyclic) bond motifs is 1. The lowest BCUT2D eigenvalue weighted by atomic mass is 10.2. The number of anilines is 3. The molecule has 4 rings (SSSR count). The quantitative estimate of drug-likeness (QED) is 0.288. The van der Waals surface area contributed by atoms with E-state index in [1.807, 2.05) is 30.3 Å². The Morgan fingerprint density at radius 2 is 1.74 bits per heavy atom. The van der Waals surface area contributed by atoms with Crippen LogP contribution in [0.1, 0.15) is 5.56 Å². The lowest BCUT2D eigenvalue weighted by Gasteiger charge is -2.12. The lowest BCUT2D eigenvalue weighted by Crippen LogP contribution is -2.08. The molecule has 0 unspecified atom stereocenters. The highest BCUT2D eigenvalue weighted by Gasteiger charge is 2.14. The van der Waals surface area contributed by atoms with E-state index in [2.05, 4.69) is 33.4 Å². The zero-order valence-electron chi connectivity index (χ0n) is 16.8. The second kappa shape index (κ2) is 9.79. The Morgan fingerprint density at radius 3 is 2.48 bits per heavy atom. The highest BCUT2D eigenvalue weighted by Crippen LogP contribution is 2.33. The van der Waals surface area contributed by atoms with Gasteiger partial charge in [0.05, 0.1) is 33.4 Å². The van der Waals surface area contributed by atoms with Gasteiger partial charge >= 0.3 is 0 Å². The Balaban J connectivity index is 1.64. The Morgan fingerprint density at radius 1 is 0.968 bits per heavy atom. The van der Waals surface area contributed by atoms with Crippen molar-refractivity contribution in [1.82, 2.24) is 9.55 Å². The van der Waals surface area contributed by atoms with Gasteiger partial charge in [0.1, 0.15) is 0 Å². The molecule has 2 N–H and O–H groups in total. The molecular formula is C23H21Cl3N4O. The minimum absolute atomic E-state index is 0.532. The summed E-state index contributed by atoms with van der Waals surface area (Å²) in [6.45, 7) is 1.84. The summed E-state index contributed by atoms with van der Waals surface area (Å²) in [5, 5.41) is 8.44. The van der Waals surface area contributed by atoms with Gasteiger partial charge in [0.2, 0.25) is 5.95 Å². The number of para-hydroxylation sites is 1. The van der Waals surface area contributed by atoms with Crippen molar-refractivity contribution in [3.05, 3.63) is 81.3 Å². The molecular weight excluding hydrogens is 455 g/mol. The van der Waals surface area contributed by atoms with Gasteiger partial charge in [0.25, 0.3) is 0 Å². The van der Waals surface area contributed by atoms with Crippen LogP contribution in [-0.2, 0) is 17.8 Å². The summed E-state index contributed by atoms with van der Waals surface area (Å²) in [6, 6.07) is 19.2. The molecule has 3 aromatic carbocycles. The summed E-state index contributed by atoms with van der Waals surface area (Å²) in [5.41, 5.74) is 4.56. The fourth-order valence-electron chi connectivity index (χ4n) is 3.32. The molecule has 0 atom stereocenters. The second-order valence-electron chi connectivity index (χ2n) is 6.99. The molecule has 5 nitrogen and oxygen atoms in total. The van der Waals surface area contributed by atoms with Gasteiger partial charge in [-0.2, -0.15) is 0 Å². The second-order valence-corrected chi connectivity index (χ2v) is 8.24. The van der Waals surface area contributed by atoms with Crippen molar-refractivity contribution < 1.29 is 4.74 Å². The van der Waals surface area contributed by atoms with Gasteiger partial charge in [0, 0.05) is 30.9 Å². The molecule has 1 aromatic heterocycles. The van der Waals surface area contributed by atoms with E-state index in [0.29, 0.717) is 46.4 Å². The van der Waals surface area contributed by atoms with Crippen molar-refractivity contribution >= 4 is 63.2 Å². The van der Waals surface area contributed by atoms with Crippen LogP contribution in [0.25, 0.3) is 11.0 Å². The summed E-state index contributed by atoms with van der Waals surface area (Å²) in [5.74, 6) is 0.655. The Hall–Kier alpha value is -2.44. The van der Waals surface area contributed by atoms with Crippen LogP contribution >= 0.6 is 34.8 Å². The van der Waals surface area contributed by atoms with Crippen molar-refractivity contribution in [3.8, 4) is 0 Å². The van der Waals surface area contributed by atoms with Crippen molar-refractivity contribution in [2.24, 2.45) is 0 Å². The average Bonchev–Trinajstić information content (AvgIpc) is 3.10. The van der Waals surface area contributed by atoms with Crippen molar-refractivity contribution in [1.29, 1.82) is 0 Å². The number of nitrogens with zero attached hydrogens (tertiary/aromatic N) is 2. The number of nitrogens with one attached hydrogen (secondary N) is 2. The lowest BCUT2D eigenvalue weighted by molar-refractivity contribution is 0.189. The van der Waals surface area contributed by atoms with E-state index in [0.717, 1.165) is 22.3 Å². The third-order valence-electron chi connectivity index (χ3n) is 4.85. The Bertz CT molecular complexity index is 1190. The number of ether oxygens (including phenoxy) is 1. The summed E-state index contributed by atoms with van der Waals surface area (Å²) in [4.78, 5) is 4.80. The monoisotopic (exact) mass is 474 g/mol. The number of imidazole rings is 1. The van der Waals surface area contributed by atoms with E-state index in [9.17, 15) is 0 Å². The smallest absolute Gasteiger partial charge is 0.208 e. The molecule has 0 saturated carbocycles. The van der Waals surface area contributed by atoms with Crippen LogP contribution in [-0.4, -0.2) is 23.3 Å². The highest BCUT2D eigenvalue weighted by molar-refractivity contribution is 6.39. The predicted octanol–water partition coefficient (Wildman–Crippen LogP) is 7.00. The van der Waals surface area contributed by atoms with E-state index >= 15 is 0 Å². The highest BCUT2D eigenvalue weighted by atomic mass is 35.5. The molecule has 8 heteroatoms. The predicted molar refractivity (Wildman–Crippen MR) is 130 cm³/mol. The number of rotatable bonds is 8. The molecule has 31 heavy (non-hydrogen) atoms. The maximum Gasteiger partial charge on any atom is 0.208 e. The molecule has 0 spiro atoms. The number of methoxy groups -OCH3 is 1. The molecule has 0 saturated heterocycles. The van der Waals surface area contributed by atoms with Crippen LogP contribution in [0, 0.1) is 0 Å². The van der Waals surface area contributed by atoms with Gasteiger partial charge < -0.3 is 19.9 Å². The number of benzene rings is 3. The molecule has 160 valence electrons. The SMILES string of the molecule is COCCn1c(Nc2c(Cl)cccc2Cl)nc2cc(CNc3cccc(Cl)c3)ccc21. The van der Waals surface area contributed by atoms with Crippen LogP contribution in [0.3, 0.4) is 0 Å². The maximum atomic E-state index is 6.34. The van der Waals surface area contributed by atoms with Crippen molar-refractivity contribution in [2.75, 3.05) is 24.4 Å². The van der Waals surface area contributed by atoms with Gasteiger partial charge in [-0.3, -0.25) is 0 Å². The van der Waals surface area contributed by atoms with E-state index in [4.69, 9.17) is 44.5 Å². The van der Waals surface area contributed by atoms with Gasteiger partial charge in [-0.1, -0.05) is 53.0 Å². The molecule has 0 aliphatic carbocycles. The van der Waals surface area contributed by atoms with Crippen molar-refractivity contribution in [3.63, 3.8) is 0 Å². The summed E-state index contributed by atoms with van der Waals surface area (Å²) in [7, 11) is 1.68. The molecule has 0 aliphatic heterocycles. The van der Waals surface area contributed by atoms with Gasteiger partial charge in [-0.05, 0) is 48.0 Å². The zero-order valence-corrected chi connectivity index (χ0v) is 19.1. The molecule has 0 radical (unpaired) electrons. The fourth-order valence-corrected chi connectivity index (χ4v) is 4.00. The molecule has 4 aromatic rings. The largest absolute Gasteiger partial charge is 0.383 e. The Labute approximate surface area is 195 Å². The van der Waals surface area contributed by atoms with Crippen molar-refractivity contribution in [2.45, 2.75) is 13.1 Å². The van der Waals surface area contributed by atoms with Crippen LogP contribution in [0.4, 0.5) is 17.3 Å². The number of aromatic nitrogens is 2. The summed E-state index contributed by atoms with van der Waals surface area (Å²) >= 11 is 18.8. The maximum absolute atomic E-state index is 6.34. The third kappa shape index (κ3) is 5.08. The molecule has 0 amide bonds. The molecule has 0 bridgehead atoms. The first-order valence-corrected chi connectivity index (χ1v) is 10.9. The number of hydrogen-bond acceptors (Lipinski definition) is 4. The molecule has 0 aliphatic rings. The first kappa shape index (κ1) is 21.8. The van der Waals surface area contributed by atoms with E-state index in [1.54, 1.807) is 19.2 Å². The fraction of sp³-hybridized carbons (Fsp3) is 0.174. The van der Waals surface area contributed by atoms with Crippen LogP contribution in [0.2, 0.25) is 15.1 Å². The number of halogens is 3. The topological polar surface area (TPSA) is 51.1 Å². The minimum Gasteiger partial charge on any atom is -0.383 e. The minimum atomic E-state index is 0.532. The standard InChI is InChI=1S/C23H21Cl3N4O/c1-31-11-10-30-21-9-8-15(14-27-17-5-2-4-16(24)13-17)12-20(21)28-23(30)29-22-18(25)6-3-7-19(22)26/h2-9,12-13,27H,10-11,14H2,1H3,(H,28,29). The number of hydrogen-bond donors (Lipinski definition) is 2. The van der Waals surface area contributed by atoms with E-state index in [1.165, 1.54) is 0 Å². The van der Waals surface area contributed by atoms with E-state index < -0.39 is 0 Å². The summed E-state index contributed by atoms with van der Waals surface area (Å²) in [6.07, 6.45) is 0. The van der Waals surface area contributed by atoms with Gasteiger partial charge in [-0.25, -0.2) is 4.98 Å². The van der Waals surface area contributed by atoms with Gasteiger partial charge in [0.15, 0.2) is 0 Å². The molecule has 1 heterocycles. The average molecular weight is 476 g/mol. The molecule has 0 fully saturated rings.